The van der Waals surface area contributed by atoms with Crippen molar-refractivity contribution in [3.8, 4) is 0 Å². The van der Waals surface area contributed by atoms with Crippen molar-refractivity contribution in [3.05, 3.63) is 53.2 Å². The molecular weight excluding hydrogens is 314 g/mol. The van der Waals surface area contributed by atoms with E-state index in [-0.39, 0.29) is 10.6 Å². The van der Waals surface area contributed by atoms with Gasteiger partial charge in [0.05, 0.1) is 4.90 Å². The monoisotopic (exact) mass is 331 g/mol. The molecule has 1 aliphatic heterocycles. The highest BCUT2D eigenvalue weighted by molar-refractivity contribution is 7.92. The third-order valence-electron chi connectivity index (χ3n) is 3.83. The first-order valence-corrected chi connectivity index (χ1v) is 8.73. The predicted molar refractivity (Wildman–Crippen MR) is 86.8 cm³/mol. The molecule has 0 saturated heterocycles. The van der Waals surface area contributed by atoms with E-state index < -0.39 is 15.9 Å². The largest absolute Gasteiger partial charge is 0.364 e. The van der Waals surface area contributed by atoms with Gasteiger partial charge < -0.3 is 5.73 Å². The van der Waals surface area contributed by atoms with Crippen LogP contribution in [0.1, 0.15) is 28.0 Å². The first kappa shape index (κ1) is 15.5. The summed E-state index contributed by atoms with van der Waals surface area (Å²) in [5, 5.41) is 0. The number of carbonyl (C=O) groups is 1. The van der Waals surface area contributed by atoms with E-state index in [1.807, 2.05) is 13.0 Å². The highest BCUT2D eigenvalue weighted by Gasteiger charge is 2.30. The topological polar surface area (TPSA) is 93.4 Å². The van der Waals surface area contributed by atoms with Gasteiger partial charge in [-0.15, -0.1) is 0 Å². The third-order valence-corrected chi connectivity index (χ3v) is 5.61. The molecule has 0 radical (unpaired) electrons. The lowest BCUT2D eigenvalue weighted by atomic mass is 10.1. The summed E-state index contributed by atoms with van der Waals surface area (Å²) >= 11 is 0. The third kappa shape index (κ3) is 2.79. The van der Waals surface area contributed by atoms with Crippen LogP contribution in [0.3, 0.4) is 0 Å². The normalized spacial score (nSPS) is 14.4. The second kappa shape index (κ2) is 5.66. The number of primary amides is 1. The summed E-state index contributed by atoms with van der Waals surface area (Å²) in [5.41, 5.74) is 6.99. The zero-order chi connectivity index (χ0) is 16.6. The molecule has 1 aromatic heterocycles. The van der Waals surface area contributed by atoms with Crippen molar-refractivity contribution in [3.63, 3.8) is 0 Å². The first-order chi connectivity index (χ1) is 10.9. The molecule has 0 atom stereocenters. The number of carbonyl (C=O) groups excluding carboxylic acids is 1. The minimum absolute atomic E-state index is 0.0649. The number of rotatable bonds is 3. The Hall–Kier alpha value is -2.41. The molecule has 2 N–H and O–H groups in total. The number of pyridine rings is 1. The van der Waals surface area contributed by atoms with E-state index in [0.717, 1.165) is 17.5 Å². The lowest BCUT2D eigenvalue weighted by Gasteiger charge is -2.29. The van der Waals surface area contributed by atoms with Crippen LogP contribution >= 0.6 is 0 Å². The molecule has 3 rings (SSSR count). The van der Waals surface area contributed by atoms with Crippen LogP contribution in [0.2, 0.25) is 0 Å². The smallest absolute Gasteiger partial charge is 0.267 e. The number of amides is 1. The minimum Gasteiger partial charge on any atom is -0.364 e. The SMILES string of the molecule is Cc1cccc(S(=O)(=O)N2CCCc3ccc(C(N)=O)nc32)c1. The van der Waals surface area contributed by atoms with Crippen molar-refractivity contribution >= 4 is 21.7 Å². The molecule has 7 heteroatoms. The number of sulfonamides is 1. The summed E-state index contributed by atoms with van der Waals surface area (Å²) in [7, 11) is -3.72. The maximum Gasteiger partial charge on any atom is 0.267 e. The fraction of sp³-hybridized carbons (Fsp3) is 0.250. The van der Waals surface area contributed by atoms with E-state index >= 15 is 0 Å². The molecular formula is C16H17N3O3S. The Morgan fingerprint density at radius 1 is 1.26 bits per heavy atom. The number of nitrogens with zero attached hydrogens (tertiary/aromatic N) is 2. The van der Waals surface area contributed by atoms with E-state index in [9.17, 15) is 13.2 Å². The summed E-state index contributed by atoms with van der Waals surface area (Å²) in [5.74, 6) is -0.375. The molecule has 23 heavy (non-hydrogen) atoms. The zero-order valence-corrected chi connectivity index (χ0v) is 13.5. The van der Waals surface area contributed by atoms with Crippen LogP contribution in [0, 0.1) is 6.92 Å². The van der Waals surface area contributed by atoms with Crippen molar-refractivity contribution < 1.29 is 13.2 Å². The Morgan fingerprint density at radius 2 is 2.04 bits per heavy atom. The number of fused-ring (bicyclic) bond motifs is 1. The molecule has 2 heterocycles. The van der Waals surface area contributed by atoms with Crippen LogP contribution in [0.4, 0.5) is 5.82 Å². The van der Waals surface area contributed by atoms with Gasteiger partial charge in [-0.2, -0.15) is 0 Å². The van der Waals surface area contributed by atoms with E-state index in [4.69, 9.17) is 5.73 Å². The quantitative estimate of drug-likeness (QED) is 0.925. The van der Waals surface area contributed by atoms with Crippen molar-refractivity contribution in [2.75, 3.05) is 10.8 Å². The lowest BCUT2D eigenvalue weighted by molar-refractivity contribution is 0.0995. The minimum atomic E-state index is -3.72. The Bertz CT molecular complexity index is 878. The van der Waals surface area contributed by atoms with Crippen molar-refractivity contribution in [2.45, 2.75) is 24.7 Å². The van der Waals surface area contributed by atoms with E-state index in [2.05, 4.69) is 4.98 Å². The van der Waals surface area contributed by atoms with Crippen LogP contribution in [0.5, 0.6) is 0 Å². The van der Waals surface area contributed by atoms with Crippen molar-refractivity contribution in [2.24, 2.45) is 5.73 Å². The summed E-state index contributed by atoms with van der Waals surface area (Å²) in [4.78, 5) is 15.7. The molecule has 0 spiro atoms. The first-order valence-electron chi connectivity index (χ1n) is 7.29. The highest BCUT2D eigenvalue weighted by Crippen LogP contribution is 2.30. The molecule has 2 aromatic rings. The van der Waals surface area contributed by atoms with Gasteiger partial charge in [-0.3, -0.25) is 4.79 Å². The van der Waals surface area contributed by atoms with Crippen molar-refractivity contribution in [1.29, 1.82) is 0 Å². The number of nitrogens with two attached hydrogens (primary N) is 1. The molecule has 1 aromatic carbocycles. The lowest BCUT2D eigenvalue weighted by Crippen LogP contribution is -2.36. The molecule has 0 bridgehead atoms. The average Bonchev–Trinajstić information content (AvgIpc) is 2.53. The van der Waals surface area contributed by atoms with Gasteiger partial charge in [-0.1, -0.05) is 18.2 Å². The Labute approximate surface area is 135 Å². The molecule has 0 saturated carbocycles. The summed E-state index contributed by atoms with van der Waals surface area (Å²) in [6.45, 7) is 2.17. The highest BCUT2D eigenvalue weighted by atomic mass is 32.2. The Morgan fingerprint density at radius 3 is 2.74 bits per heavy atom. The molecule has 0 aliphatic carbocycles. The molecule has 1 aliphatic rings. The van der Waals surface area contributed by atoms with E-state index in [1.54, 1.807) is 24.3 Å². The van der Waals surface area contributed by atoms with Crippen LogP contribution in [0.25, 0.3) is 0 Å². The van der Waals surface area contributed by atoms with Gasteiger partial charge in [0.15, 0.2) is 0 Å². The van der Waals surface area contributed by atoms with Gasteiger partial charge in [-0.05, 0) is 49.1 Å². The Balaban J connectivity index is 2.12. The van der Waals surface area contributed by atoms with Crippen LogP contribution in [-0.4, -0.2) is 25.9 Å². The van der Waals surface area contributed by atoms with Crippen LogP contribution in [0.15, 0.2) is 41.3 Å². The predicted octanol–water partition coefficient (Wildman–Crippen LogP) is 1.63. The van der Waals surface area contributed by atoms with Gasteiger partial charge in [0.25, 0.3) is 15.9 Å². The van der Waals surface area contributed by atoms with Gasteiger partial charge in [0.2, 0.25) is 0 Å². The van der Waals surface area contributed by atoms with E-state index in [0.29, 0.717) is 18.8 Å². The summed E-state index contributed by atoms with van der Waals surface area (Å²) < 4.78 is 27.2. The van der Waals surface area contributed by atoms with Gasteiger partial charge >= 0.3 is 0 Å². The molecule has 0 unspecified atom stereocenters. The second-order valence-corrected chi connectivity index (χ2v) is 7.40. The van der Waals surface area contributed by atoms with Crippen LogP contribution in [-0.2, 0) is 16.4 Å². The molecule has 0 fully saturated rings. The number of hydrogen-bond donors (Lipinski definition) is 1. The van der Waals surface area contributed by atoms with Crippen LogP contribution < -0.4 is 10.0 Å². The van der Waals surface area contributed by atoms with Crippen molar-refractivity contribution in [1.82, 2.24) is 4.98 Å². The standard InChI is InChI=1S/C16H17N3O3S/c1-11-4-2-6-13(10-11)23(21,22)19-9-3-5-12-7-8-14(15(17)20)18-16(12)19/h2,4,6-8,10H,3,5,9H2,1H3,(H2,17,20). The maximum absolute atomic E-state index is 13.0. The van der Waals surface area contributed by atoms with Gasteiger partial charge in [-0.25, -0.2) is 17.7 Å². The average molecular weight is 331 g/mol. The fourth-order valence-corrected chi connectivity index (χ4v) is 4.28. The number of benzene rings is 1. The zero-order valence-electron chi connectivity index (χ0n) is 12.7. The maximum atomic E-state index is 13.0. The molecule has 1 amide bonds. The van der Waals surface area contributed by atoms with Gasteiger partial charge in [0.1, 0.15) is 11.5 Å². The summed E-state index contributed by atoms with van der Waals surface area (Å²) in [6.07, 6.45) is 1.43. The number of aromatic nitrogens is 1. The van der Waals surface area contributed by atoms with Gasteiger partial charge in [0, 0.05) is 6.54 Å². The second-order valence-electron chi connectivity index (χ2n) is 5.54. The molecule has 6 nitrogen and oxygen atoms in total. The van der Waals surface area contributed by atoms with E-state index in [1.165, 1.54) is 10.4 Å². The summed E-state index contributed by atoms with van der Waals surface area (Å²) in [6, 6.07) is 9.99. The number of anilines is 1. The number of aryl methyl sites for hydroxylation is 2. The fourth-order valence-electron chi connectivity index (χ4n) is 2.68. The Kier molecular flexibility index (Phi) is 3.81. The molecule has 120 valence electrons. The number of hydrogen-bond acceptors (Lipinski definition) is 4.